The van der Waals surface area contributed by atoms with E-state index in [-0.39, 0.29) is 0 Å². The van der Waals surface area contributed by atoms with Gasteiger partial charge < -0.3 is 4.40 Å². The summed E-state index contributed by atoms with van der Waals surface area (Å²) < 4.78 is 1.97. The Morgan fingerprint density at radius 2 is 1.71 bits per heavy atom. The molecule has 2 nitrogen and oxygen atoms in total. The van der Waals surface area contributed by atoms with E-state index in [0.29, 0.717) is 0 Å². The van der Waals surface area contributed by atoms with Gasteiger partial charge in [-0.05, 0) is 30.2 Å². The molecule has 1 aromatic carbocycles. The molecule has 0 amide bonds. The quantitative estimate of drug-likeness (QED) is 0.530. The van der Waals surface area contributed by atoms with Crippen molar-refractivity contribution in [2.24, 2.45) is 0 Å². The third-order valence-electron chi connectivity index (χ3n) is 2.54. The predicted molar refractivity (Wildman–Crippen MR) is 67.6 cm³/mol. The molecule has 0 aliphatic rings. The zero-order chi connectivity index (χ0) is 11.5. The average molecular weight is 218 g/mol. The van der Waals surface area contributed by atoms with E-state index in [4.69, 9.17) is 0 Å². The molecule has 0 bridgehead atoms. The number of hydrogen-bond acceptors (Lipinski definition) is 1. The van der Waals surface area contributed by atoms with Crippen molar-refractivity contribution in [3.8, 4) is 11.8 Å². The van der Waals surface area contributed by atoms with Crippen LogP contribution in [0.25, 0.3) is 5.52 Å². The third kappa shape index (κ3) is 1.91. The maximum Gasteiger partial charge on any atom is 0.139 e. The zero-order valence-corrected chi connectivity index (χ0v) is 9.17. The molecule has 0 saturated heterocycles. The monoisotopic (exact) mass is 218 g/mol. The largest absolute Gasteiger partial charge is 0.305 e. The van der Waals surface area contributed by atoms with E-state index in [1.165, 1.54) is 0 Å². The van der Waals surface area contributed by atoms with Crippen molar-refractivity contribution >= 4 is 5.52 Å². The highest BCUT2D eigenvalue weighted by Crippen LogP contribution is 2.07. The van der Waals surface area contributed by atoms with Crippen LogP contribution in [0, 0.1) is 11.8 Å². The van der Waals surface area contributed by atoms with Crippen LogP contribution >= 0.6 is 0 Å². The molecule has 0 N–H and O–H groups in total. The number of benzene rings is 1. The smallest absolute Gasteiger partial charge is 0.139 e. The molecule has 0 atom stereocenters. The fraction of sp³-hybridized carbons (Fsp3) is 0. The first kappa shape index (κ1) is 9.68. The third-order valence-corrected chi connectivity index (χ3v) is 2.54. The van der Waals surface area contributed by atoms with Gasteiger partial charge in [-0.25, -0.2) is 4.98 Å². The van der Waals surface area contributed by atoms with Crippen molar-refractivity contribution in [1.82, 2.24) is 9.38 Å². The molecular weight excluding hydrogens is 208 g/mol. The summed E-state index contributed by atoms with van der Waals surface area (Å²) in [6.45, 7) is 0. The maximum atomic E-state index is 4.30. The fourth-order valence-electron chi connectivity index (χ4n) is 1.69. The van der Waals surface area contributed by atoms with Gasteiger partial charge in [0.15, 0.2) is 0 Å². The number of nitrogens with zero attached hydrogens (tertiary/aromatic N) is 2. The van der Waals surface area contributed by atoms with Gasteiger partial charge in [0, 0.05) is 11.8 Å². The minimum atomic E-state index is 0.814. The summed E-state index contributed by atoms with van der Waals surface area (Å²) in [6.07, 6.45) is 3.75. The Morgan fingerprint density at radius 1 is 0.882 bits per heavy atom. The standard InChI is InChI=1S/C15H10N2/c1-2-6-13(7-3-1)9-10-14-15-8-4-5-11-17(15)12-16-14/h1-8,11-12H. The molecule has 0 aliphatic carbocycles. The molecule has 0 fully saturated rings. The zero-order valence-electron chi connectivity index (χ0n) is 9.17. The minimum absolute atomic E-state index is 0.814. The van der Waals surface area contributed by atoms with Crippen LogP contribution in [0.15, 0.2) is 61.1 Å². The van der Waals surface area contributed by atoms with Crippen molar-refractivity contribution in [3.63, 3.8) is 0 Å². The Hall–Kier alpha value is -2.53. The molecule has 0 radical (unpaired) electrons. The van der Waals surface area contributed by atoms with Gasteiger partial charge in [-0.3, -0.25) is 0 Å². The van der Waals surface area contributed by atoms with Crippen LogP contribution in [0.5, 0.6) is 0 Å². The number of fused-ring (bicyclic) bond motifs is 1. The Balaban J connectivity index is 2.04. The van der Waals surface area contributed by atoms with Gasteiger partial charge in [-0.15, -0.1) is 0 Å². The van der Waals surface area contributed by atoms with E-state index in [0.717, 1.165) is 16.8 Å². The molecule has 17 heavy (non-hydrogen) atoms. The van der Waals surface area contributed by atoms with Gasteiger partial charge in [0.05, 0.1) is 5.52 Å². The number of pyridine rings is 1. The van der Waals surface area contributed by atoms with E-state index in [2.05, 4.69) is 16.8 Å². The lowest BCUT2D eigenvalue weighted by molar-refractivity contribution is 1.15. The highest BCUT2D eigenvalue weighted by Gasteiger charge is 1.98. The summed E-state index contributed by atoms with van der Waals surface area (Å²) >= 11 is 0. The maximum absolute atomic E-state index is 4.30. The molecule has 0 unspecified atom stereocenters. The van der Waals surface area contributed by atoms with Crippen LogP contribution in [0.4, 0.5) is 0 Å². The second-order valence-electron chi connectivity index (χ2n) is 3.70. The van der Waals surface area contributed by atoms with Crippen LogP contribution < -0.4 is 0 Å². The first-order valence-corrected chi connectivity index (χ1v) is 5.42. The van der Waals surface area contributed by atoms with Crippen LogP contribution in [-0.4, -0.2) is 9.38 Å². The van der Waals surface area contributed by atoms with Gasteiger partial charge in [0.2, 0.25) is 0 Å². The van der Waals surface area contributed by atoms with Crippen molar-refractivity contribution in [1.29, 1.82) is 0 Å². The molecule has 3 aromatic rings. The lowest BCUT2D eigenvalue weighted by Gasteiger charge is -1.90. The van der Waals surface area contributed by atoms with Gasteiger partial charge in [0.1, 0.15) is 12.0 Å². The topological polar surface area (TPSA) is 17.3 Å². The first-order valence-electron chi connectivity index (χ1n) is 5.42. The van der Waals surface area contributed by atoms with Gasteiger partial charge in [-0.2, -0.15) is 0 Å². The van der Waals surface area contributed by atoms with Crippen LogP contribution in [0.3, 0.4) is 0 Å². The van der Waals surface area contributed by atoms with E-state index in [9.17, 15) is 0 Å². The molecule has 0 saturated carbocycles. The summed E-state index contributed by atoms with van der Waals surface area (Å²) in [5.41, 5.74) is 2.86. The Kier molecular flexibility index (Phi) is 2.36. The Labute approximate surface area is 99.6 Å². The van der Waals surface area contributed by atoms with Gasteiger partial charge in [-0.1, -0.05) is 30.2 Å². The second-order valence-corrected chi connectivity index (χ2v) is 3.70. The lowest BCUT2D eigenvalue weighted by atomic mass is 10.2. The van der Waals surface area contributed by atoms with Crippen LogP contribution in [-0.2, 0) is 0 Å². The minimum Gasteiger partial charge on any atom is -0.305 e. The molecule has 80 valence electrons. The highest BCUT2D eigenvalue weighted by atomic mass is 15.0. The van der Waals surface area contributed by atoms with E-state index < -0.39 is 0 Å². The number of aromatic nitrogens is 2. The summed E-state index contributed by atoms with van der Waals surface area (Å²) in [4.78, 5) is 4.30. The summed E-state index contributed by atoms with van der Waals surface area (Å²) in [5.74, 6) is 6.22. The Bertz CT molecular complexity index is 700. The first-order chi connectivity index (χ1) is 8.43. The van der Waals surface area contributed by atoms with E-state index in [1.54, 1.807) is 6.33 Å². The molecule has 0 spiro atoms. The molecule has 0 aliphatic heterocycles. The van der Waals surface area contributed by atoms with Crippen molar-refractivity contribution in [2.45, 2.75) is 0 Å². The van der Waals surface area contributed by atoms with E-state index >= 15 is 0 Å². The molecule has 2 heteroatoms. The Morgan fingerprint density at radius 3 is 2.59 bits per heavy atom. The summed E-state index contributed by atoms with van der Waals surface area (Å²) in [7, 11) is 0. The van der Waals surface area contributed by atoms with Crippen LogP contribution in [0.2, 0.25) is 0 Å². The SMILES string of the molecule is C(#Cc1ncn2ccccc12)c1ccccc1. The van der Waals surface area contributed by atoms with Gasteiger partial charge >= 0.3 is 0 Å². The molecule has 3 rings (SSSR count). The number of hydrogen-bond donors (Lipinski definition) is 0. The normalized spacial score (nSPS) is 9.88. The van der Waals surface area contributed by atoms with E-state index in [1.807, 2.05) is 59.1 Å². The van der Waals surface area contributed by atoms with Crippen molar-refractivity contribution in [2.75, 3.05) is 0 Å². The van der Waals surface area contributed by atoms with Crippen molar-refractivity contribution < 1.29 is 0 Å². The molecule has 2 aromatic heterocycles. The fourth-order valence-corrected chi connectivity index (χ4v) is 1.69. The lowest BCUT2D eigenvalue weighted by Crippen LogP contribution is -1.80. The van der Waals surface area contributed by atoms with Crippen LogP contribution in [0.1, 0.15) is 11.3 Å². The summed E-state index contributed by atoms with van der Waals surface area (Å²) in [5, 5.41) is 0. The predicted octanol–water partition coefficient (Wildman–Crippen LogP) is 2.73. The molecule has 2 heterocycles. The number of imidazole rings is 1. The van der Waals surface area contributed by atoms with Gasteiger partial charge in [0.25, 0.3) is 0 Å². The van der Waals surface area contributed by atoms with Crippen molar-refractivity contribution in [3.05, 3.63) is 72.3 Å². The highest BCUT2D eigenvalue weighted by molar-refractivity contribution is 5.60. The molecular formula is C15H10N2. The summed E-state index contributed by atoms with van der Waals surface area (Å²) in [6, 6.07) is 15.9. The second kappa shape index (κ2) is 4.15. The number of rotatable bonds is 0. The average Bonchev–Trinajstić information content (AvgIpc) is 2.81.